The Morgan fingerprint density at radius 3 is 2.76 bits per heavy atom. The number of hydrogen-bond donors (Lipinski definition) is 1. The van der Waals surface area contributed by atoms with E-state index in [9.17, 15) is 9.59 Å². The third-order valence-corrected chi connectivity index (χ3v) is 4.32. The first kappa shape index (κ1) is 17.3. The third kappa shape index (κ3) is 4.12. The van der Waals surface area contributed by atoms with Gasteiger partial charge in [0.25, 0.3) is 5.91 Å². The van der Waals surface area contributed by atoms with Gasteiger partial charge in [0.2, 0.25) is 5.91 Å². The zero-order chi connectivity index (χ0) is 17.8. The van der Waals surface area contributed by atoms with E-state index in [1.807, 2.05) is 31.2 Å². The molecule has 1 fully saturated rings. The van der Waals surface area contributed by atoms with Crippen LogP contribution in [-0.4, -0.2) is 36.4 Å². The molecule has 1 saturated heterocycles. The molecule has 1 N–H and O–H groups in total. The Hall–Kier alpha value is -2.53. The normalized spacial score (nSPS) is 17.1. The fraction of sp³-hybridized carbons (Fsp3) is 0.263. The minimum atomic E-state index is -0.630. The highest BCUT2D eigenvalue weighted by molar-refractivity contribution is 6.30. The van der Waals surface area contributed by atoms with Gasteiger partial charge in [-0.15, -0.1) is 0 Å². The Balaban J connectivity index is 1.74. The van der Waals surface area contributed by atoms with Crippen LogP contribution in [0.1, 0.15) is 17.2 Å². The van der Waals surface area contributed by atoms with Crippen LogP contribution >= 0.6 is 11.6 Å². The molecule has 0 spiro atoms. The summed E-state index contributed by atoms with van der Waals surface area (Å²) in [7, 11) is 0. The van der Waals surface area contributed by atoms with E-state index in [0.29, 0.717) is 23.9 Å². The highest BCUT2D eigenvalue weighted by Gasteiger charge is 2.34. The topological polar surface area (TPSA) is 58.6 Å². The zero-order valence-corrected chi connectivity index (χ0v) is 14.6. The third-order valence-electron chi connectivity index (χ3n) is 4.07. The number of rotatable bonds is 4. The highest BCUT2D eigenvalue weighted by atomic mass is 35.5. The zero-order valence-electron chi connectivity index (χ0n) is 13.9. The average molecular weight is 359 g/mol. The Kier molecular flexibility index (Phi) is 5.24. The van der Waals surface area contributed by atoms with Crippen molar-refractivity contribution in [3.63, 3.8) is 0 Å². The molecule has 1 heterocycles. The summed E-state index contributed by atoms with van der Waals surface area (Å²) in [4.78, 5) is 26.6. The highest BCUT2D eigenvalue weighted by Crippen LogP contribution is 2.24. The molecule has 1 unspecified atom stereocenters. The van der Waals surface area contributed by atoms with Crippen molar-refractivity contribution in [3.05, 3.63) is 64.7 Å². The first-order valence-electron chi connectivity index (χ1n) is 8.07. The number of amides is 2. The average Bonchev–Trinajstić information content (AvgIpc) is 2.60. The van der Waals surface area contributed by atoms with E-state index in [0.717, 1.165) is 11.1 Å². The lowest BCUT2D eigenvalue weighted by molar-refractivity contribution is -0.145. The van der Waals surface area contributed by atoms with Crippen LogP contribution in [0.5, 0.6) is 5.75 Å². The molecule has 0 bridgehead atoms. The lowest BCUT2D eigenvalue weighted by Gasteiger charge is -2.35. The molecule has 2 aromatic rings. The van der Waals surface area contributed by atoms with Crippen molar-refractivity contribution in [2.75, 3.05) is 19.7 Å². The maximum Gasteiger partial charge on any atom is 0.261 e. The van der Waals surface area contributed by atoms with Crippen LogP contribution in [0, 0.1) is 6.92 Å². The van der Waals surface area contributed by atoms with Gasteiger partial charge in [0.1, 0.15) is 11.8 Å². The van der Waals surface area contributed by atoms with E-state index in [4.69, 9.17) is 16.3 Å². The lowest BCUT2D eigenvalue weighted by Crippen LogP contribution is -2.53. The second kappa shape index (κ2) is 7.57. The summed E-state index contributed by atoms with van der Waals surface area (Å²) in [6.45, 7) is 2.72. The van der Waals surface area contributed by atoms with Crippen molar-refractivity contribution in [3.8, 4) is 5.75 Å². The molecule has 6 heteroatoms. The van der Waals surface area contributed by atoms with Crippen LogP contribution in [0.15, 0.2) is 48.5 Å². The smallest absolute Gasteiger partial charge is 0.261 e. The summed E-state index contributed by atoms with van der Waals surface area (Å²) < 4.78 is 5.54. The fourth-order valence-corrected chi connectivity index (χ4v) is 2.99. The molecule has 0 aromatic heterocycles. The summed E-state index contributed by atoms with van der Waals surface area (Å²) in [5.41, 5.74) is 1.85. The van der Waals surface area contributed by atoms with Gasteiger partial charge in [-0.2, -0.15) is 0 Å². The lowest BCUT2D eigenvalue weighted by atomic mass is 10.0. The number of nitrogens with zero attached hydrogens (tertiary/aromatic N) is 1. The standard InChI is InChI=1S/C19H19ClN2O3/c1-13-3-2-4-14(11-13)18-19(24)21-9-10-22(18)17(23)12-25-16-7-5-15(20)6-8-16/h2-8,11,18H,9-10,12H2,1H3,(H,21,24). The number of carbonyl (C=O) groups is 2. The summed E-state index contributed by atoms with van der Waals surface area (Å²) in [5, 5.41) is 3.43. The molecule has 1 aliphatic rings. The summed E-state index contributed by atoms with van der Waals surface area (Å²) in [6.07, 6.45) is 0. The van der Waals surface area contributed by atoms with Gasteiger partial charge in [-0.25, -0.2) is 0 Å². The number of benzene rings is 2. The van der Waals surface area contributed by atoms with Crippen molar-refractivity contribution in [2.45, 2.75) is 13.0 Å². The predicted octanol–water partition coefficient (Wildman–Crippen LogP) is 2.73. The van der Waals surface area contributed by atoms with Crippen LogP contribution in [-0.2, 0) is 9.59 Å². The molecule has 2 aromatic carbocycles. The Morgan fingerprint density at radius 2 is 2.04 bits per heavy atom. The molecule has 0 radical (unpaired) electrons. The Labute approximate surface area is 151 Å². The van der Waals surface area contributed by atoms with Crippen molar-refractivity contribution in [2.24, 2.45) is 0 Å². The molecule has 1 aliphatic heterocycles. The number of ether oxygens (including phenoxy) is 1. The molecule has 1 atom stereocenters. The number of piperazine rings is 1. The second-order valence-electron chi connectivity index (χ2n) is 5.94. The van der Waals surface area contributed by atoms with E-state index < -0.39 is 6.04 Å². The number of aryl methyl sites for hydroxylation is 1. The first-order valence-corrected chi connectivity index (χ1v) is 8.44. The summed E-state index contributed by atoms with van der Waals surface area (Å²) in [5.74, 6) is 0.166. The van der Waals surface area contributed by atoms with Crippen molar-refractivity contribution < 1.29 is 14.3 Å². The van der Waals surface area contributed by atoms with Gasteiger partial charge in [0, 0.05) is 18.1 Å². The molecular formula is C19H19ClN2O3. The van der Waals surface area contributed by atoms with Gasteiger partial charge in [-0.3, -0.25) is 9.59 Å². The first-order chi connectivity index (χ1) is 12.0. The van der Waals surface area contributed by atoms with E-state index in [2.05, 4.69) is 5.32 Å². The Bertz CT molecular complexity index is 776. The fourth-order valence-electron chi connectivity index (χ4n) is 2.87. The van der Waals surface area contributed by atoms with Crippen molar-refractivity contribution in [1.29, 1.82) is 0 Å². The molecule has 0 saturated carbocycles. The van der Waals surface area contributed by atoms with E-state index in [1.165, 1.54) is 0 Å². The number of hydrogen-bond acceptors (Lipinski definition) is 3. The summed E-state index contributed by atoms with van der Waals surface area (Å²) in [6, 6.07) is 13.8. The molecule has 130 valence electrons. The minimum absolute atomic E-state index is 0.128. The van der Waals surface area contributed by atoms with Gasteiger partial charge in [0.15, 0.2) is 6.61 Å². The maximum atomic E-state index is 12.6. The number of nitrogens with one attached hydrogen (secondary N) is 1. The van der Waals surface area contributed by atoms with Gasteiger partial charge >= 0.3 is 0 Å². The van der Waals surface area contributed by atoms with Crippen LogP contribution in [0.3, 0.4) is 0 Å². The van der Waals surface area contributed by atoms with Crippen molar-refractivity contribution >= 4 is 23.4 Å². The molecule has 25 heavy (non-hydrogen) atoms. The van der Waals surface area contributed by atoms with Crippen LogP contribution in [0.25, 0.3) is 0 Å². The number of carbonyl (C=O) groups excluding carboxylic acids is 2. The van der Waals surface area contributed by atoms with E-state index in [-0.39, 0.29) is 18.4 Å². The monoisotopic (exact) mass is 358 g/mol. The molecule has 5 nitrogen and oxygen atoms in total. The predicted molar refractivity (Wildman–Crippen MR) is 95.6 cm³/mol. The van der Waals surface area contributed by atoms with Gasteiger partial charge in [-0.05, 0) is 36.8 Å². The summed E-state index contributed by atoms with van der Waals surface area (Å²) >= 11 is 5.84. The van der Waals surface area contributed by atoms with Crippen LogP contribution in [0.2, 0.25) is 5.02 Å². The van der Waals surface area contributed by atoms with Crippen LogP contribution < -0.4 is 10.1 Å². The van der Waals surface area contributed by atoms with Gasteiger partial charge in [0.05, 0.1) is 0 Å². The largest absolute Gasteiger partial charge is 0.484 e. The molecule has 3 rings (SSSR count). The quantitative estimate of drug-likeness (QED) is 0.914. The van der Waals surface area contributed by atoms with Crippen molar-refractivity contribution in [1.82, 2.24) is 10.2 Å². The second-order valence-corrected chi connectivity index (χ2v) is 6.37. The SMILES string of the molecule is Cc1cccc(C2C(=O)NCCN2C(=O)COc2ccc(Cl)cc2)c1. The van der Waals surface area contributed by atoms with E-state index >= 15 is 0 Å². The maximum absolute atomic E-state index is 12.6. The molecular weight excluding hydrogens is 340 g/mol. The van der Waals surface area contributed by atoms with Gasteiger partial charge in [-0.1, -0.05) is 41.4 Å². The van der Waals surface area contributed by atoms with Crippen LogP contribution in [0.4, 0.5) is 0 Å². The van der Waals surface area contributed by atoms with Gasteiger partial charge < -0.3 is 15.0 Å². The molecule has 0 aliphatic carbocycles. The van der Waals surface area contributed by atoms with E-state index in [1.54, 1.807) is 29.2 Å². The number of halogens is 1. The molecule has 2 amide bonds. The minimum Gasteiger partial charge on any atom is -0.484 e. The Morgan fingerprint density at radius 1 is 1.28 bits per heavy atom.